The lowest BCUT2D eigenvalue weighted by Gasteiger charge is -2.12. The van der Waals surface area contributed by atoms with Crippen LogP contribution in [0.2, 0.25) is 5.02 Å². The molecule has 0 aliphatic rings. The van der Waals surface area contributed by atoms with E-state index < -0.39 is 27.8 Å². The van der Waals surface area contributed by atoms with Gasteiger partial charge in [-0.05, 0) is 116 Å². The van der Waals surface area contributed by atoms with Crippen LogP contribution in [0.4, 0.5) is 26.7 Å². The molecule has 282 valence electrons. The molecule has 18 heteroatoms. The van der Waals surface area contributed by atoms with Crippen molar-refractivity contribution in [3.63, 3.8) is 0 Å². The van der Waals surface area contributed by atoms with E-state index in [0.717, 1.165) is 17.2 Å². The van der Waals surface area contributed by atoms with E-state index in [1.807, 2.05) is 5.38 Å². The predicted octanol–water partition coefficient (Wildman–Crippen LogP) is 9.05. The molecule has 0 unspecified atom stereocenters. The number of anilines is 4. The van der Waals surface area contributed by atoms with Gasteiger partial charge in [-0.1, -0.05) is 28.9 Å². The van der Waals surface area contributed by atoms with Crippen molar-refractivity contribution in [3.05, 3.63) is 142 Å². The lowest BCUT2D eigenvalue weighted by molar-refractivity contribution is 0.0681. The second-order valence-corrected chi connectivity index (χ2v) is 15.2. The molecule has 3 aromatic heterocycles. The molecular weight excluding hydrogens is 803 g/mol. The zero-order valence-corrected chi connectivity index (χ0v) is 31.9. The van der Waals surface area contributed by atoms with Crippen LogP contribution < -0.4 is 25.4 Å². The minimum Gasteiger partial charge on any atom is -0.451 e. The molecule has 0 spiro atoms. The van der Waals surface area contributed by atoms with Gasteiger partial charge < -0.3 is 24.3 Å². The molecule has 7 rings (SSSR count). The average molecular weight is 829 g/mol. The number of hydrogen-bond donors (Lipinski definition) is 4. The summed E-state index contributed by atoms with van der Waals surface area (Å²) >= 11 is 12.6. The van der Waals surface area contributed by atoms with Gasteiger partial charge in [-0.25, -0.2) is 22.6 Å². The molecule has 0 aliphatic carbocycles. The zero-order chi connectivity index (χ0) is 39.4. The quantitative estimate of drug-likeness (QED) is 0.0720. The predicted molar refractivity (Wildman–Crippen MR) is 214 cm³/mol. The van der Waals surface area contributed by atoms with E-state index in [1.165, 1.54) is 47.7 Å². The fraction of sp³-hybridized carbons (Fsp3) is 0.0263. The number of rotatable bonds is 11. The van der Waals surface area contributed by atoms with Crippen LogP contribution in [0, 0.1) is 12.7 Å². The largest absolute Gasteiger partial charge is 0.451 e. The number of aromatic nitrogens is 2. The maximum Gasteiger partial charge on any atom is 0.348 e. The van der Waals surface area contributed by atoms with Gasteiger partial charge in [0.15, 0.2) is 21.8 Å². The smallest absolute Gasteiger partial charge is 0.348 e. The van der Waals surface area contributed by atoms with E-state index in [9.17, 15) is 22.4 Å². The Morgan fingerprint density at radius 3 is 2.45 bits per heavy atom. The summed E-state index contributed by atoms with van der Waals surface area (Å²) in [5, 5.41) is 14.9. The summed E-state index contributed by atoms with van der Waals surface area (Å²) in [4.78, 5) is 30.4. The Bertz CT molecular complexity index is 2700. The third kappa shape index (κ3) is 8.93. The number of thiocarbonyl (C=S) groups is 1. The van der Waals surface area contributed by atoms with Gasteiger partial charge in [-0.2, -0.15) is 0 Å². The van der Waals surface area contributed by atoms with Crippen LogP contribution in [-0.4, -0.2) is 35.5 Å². The van der Waals surface area contributed by atoms with E-state index in [-0.39, 0.29) is 38.7 Å². The standard InChI is InChI=1S/C38H26ClFN6O7S3/c1-21-18-23(8-15-28(21)40)30-20-55-38(43-30)41-25-11-13-26(14-12-25)56(49,50)46-33-19-34(53-45-33)52-36(48)27-4-2-3-5-29(27)42-37(54)44-35(47)32-17-16-31(51-32)22-6-9-24(39)10-7-22/h2-20H,1H3,(H,41,43)(H,45,46)(H2,42,44,47,54). The SMILES string of the molecule is Cc1cc(-c2csc(Nc3ccc(S(=O)(=O)Nc4cc(OC(=O)c5ccccc5NC(=S)NC(=O)c5ccc(-c6ccc(Cl)cc6)o5)on4)cc3)n2)ccc1F. The Morgan fingerprint density at radius 1 is 0.929 bits per heavy atom. The van der Waals surface area contributed by atoms with Crippen molar-refractivity contribution in [2.24, 2.45) is 0 Å². The minimum atomic E-state index is -4.13. The highest BCUT2D eigenvalue weighted by molar-refractivity contribution is 7.92. The van der Waals surface area contributed by atoms with Gasteiger partial charge in [-0.15, -0.1) is 11.3 Å². The number of halogens is 2. The molecule has 1 amide bonds. The Labute approximate surface area is 332 Å². The fourth-order valence-electron chi connectivity index (χ4n) is 5.12. The highest BCUT2D eigenvalue weighted by atomic mass is 35.5. The second-order valence-electron chi connectivity index (χ2n) is 11.8. The second kappa shape index (κ2) is 16.1. The van der Waals surface area contributed by atoms with Crippen LogP contribution in [0.5, 0.6) is 5.95 Å². The van der Waals surface area contributed by atoms with Crippen LogP contribution in [0.25, 0.3) is 22.6 Å². The van der Waals surface area contributed by atoms with Gasteiger partial charge in [0.2, 0.25) is 0 Å². The van der Waals surface area contributed by atoms with E-state index in [4.69, 9.17) is 37.5 Å². The van der Waals surface area contributed by atoms with Gasteiger partial charge in [-0.3, -0.25) is 14.8 Å². The first-order chi connectivity index (χ1) is 26.9. The number of esters is 1. The average Bonchev–Trinajstić information content (AvgIpc) is 3.96. The summed E-state index contributed by atoms with van der Waals surface area (Å²) in [5.74, 6) is -2.01. The molecule has 0 fully saturated rings. The normalized spacial score (nSPS) is 11.1. The van der Waals surface area contributed by atoms with Crippen molar-refractivity contribution in [1.29, 1.82) is 0 Å². The first-order valence-electron chi connectivity index (χ1n) is 16.3. The minimum absolute atomic E-state index is 0.00161. The summed E-state index contributed by atoms with van der Waals surface area (Å²) < 4.78 is 58.2. The lowest BCUT2D eigenvalue weighted by Crippen LogP contribution is -2.34. The molecule has 4 aromatic carbocycles. The zero-order valence-electron chi connectivity index (χ0n) is 28.7. The number of carbonyl (C=O) groups is 2. The summed E-state index contributed by atoms with van der Waals surface area (Å²) in [5.41, 5.74) is 3.46. The van der Waals surface area contributed by atoms with Crippen molar-refractivity contribution in [3.8, 4) is 28.5 Å². The van der Waals surface area contributed by atoms with Crippen molar-refractivity contribution < 1.29 is 36.1 Å². The third-order valence-corrected chi connectivity index (χ3v) is 10.5. The molecule has 13 nitrogen and oxygen atoms in total. The Morgan fingerprint density at radius 2 is 1.68 bits per heavy atom. The third-order valence-electron chi connectivity index (χ3n) is 7.88. The number of nitrogens with zero attached hydrogens (tertiary/aromatic N) is 2. The molecule has 7 aromatic rings. The maximum absolute atomic E-state index is 13.7. The number of carbonyl (C=O) groups excluding carboxylic acids is 2. The van der Waals surface area contributed by atoms with Crippen LogP contribution in [0.1, 0.15) is 26.5 Å². The van der Waals surface area contributed by atoms with E-state index in [0.29, 0.717) is 32.9 Å². The summed E-state index contributed by atoms with van der Waals surface area (Å²) in [6, 6.07) is 27.9. The van der Waals surface area contributed by atoms with Crippen LogP contribution >= 0.6 is 35.2 Å². The number of para-hydroxylation sites is 1. The monoisotopic (exact) mass is 828 g/mol. The van der Waals surface area contributed by atoms with Crippen LogP contribution in [-0.2, 0) is 10.0 Å². The topological polar surface area (TPSA) is 178 Å². The van der Waals surface area contributed by atoms with Crippen molar-refractivity contribution in [1.82, 2.24) is 15.5 Å². The van der Waals surface area contributed by atoms with E-state index in [1.54, 1.807) is 73.7 Å². The van der Waals surface area contributed by atoms with Crippen molar-refractivity contribution >= 4 is 84.5 Å². The maximum atomic E-state index is 13.7. The van der Waals surface area contributed by atoms with E-state index >= 15 is 0 Å². The van der Waals surface area contributed by atoms with Crippen molar-refractivity contribution in [2.75, 3.05) is 15.4 Å². The number of benzene rings is 4. The van der Waals surface area contributed by atoms with Gasteiger partial charge in [0.1, 0.15) is 11.6 Å². The first-order valence-corrected chi connectivity index (χ1v) is 19.4. The number of aryl methyl sites for hydroxylation is 1. The van der Waals surface area contributed by atoms with Gasteiger partial charge >= 0.3 is 11.9 Å². The molecule has 3 heterocycles. The number of thiazole rings is 1. The molecule has 4 N–H and O–H groups in total. The molecule has 0 radical (unpaired) electrons. The Kier molecular flexibility index (Phi) is 10.9. The molecule has 0 atom stereocenters. The van der Waals surface area contributed by atoms with Gasteiger partial charge in [0.25, 0.3) is 15.9 Å². The Balaban J connectivity index is 0.935. The lowest BCUT2D eigenvalue weighted by atomic mass is 10.1. The molecule has 0 aliphatic heterocycles. The molecule has 0 bridgehead atoms. The number of amides is 1. The number of furan rings is 1. The number of nitrogens with one attached hydrogen (secondary N) is 4. The summed E-state index contributed by atoms with van der Waals surface area (Å²) in [7, 11) is -4.13. The number of ether oxygens (including phenoxy) is 1. The van der Waals surface area contributed by atoms with Crippen molar-refractivity contribution in [2.45, 2.75) is 11.8 Å². The van der Waals surface area contributed by atoms with Gasteiger partial charge in [0, 0.05) is 27.2 Å². The molecular formula is C38H26ClFN6O7S3. The summed E-state index contributed by atoms with van der Waals surface area (Å²) in [6.45, 7) is 1.68. The highest BCUT2D eigenvalue weighted by Gasteiger charge is 2.21. The fourth-order valence-corrected chi connectivity index (χ4v) is 7.18. The number of sulfonamides is 1. The molecule has 56 heavy (non-hydrogen) atoms. The first kappa shape index (κ1) is 37.9. The van der Waals surface area contributed by atoms with Crippen LogP contribution in [0.3, 0.4) is 0 Å². The molecule has 0 saturated carbocycles. The van der Waals surface area contributed by atoms with Crippen LogP contribution in [0.15, 0.2) is 128 Å². The Hall–Kier alpha value is -6.40. The van der Waals surface area contributed by atoms with Gasteiger partial charge in [0.05, 0.1) is 27.9 Å². The van der Waals surface area contributed by atoms with E-state index in [2.05, 4.69) is 30.8 Å². The summed E-state index contributed by atoms with van der Waals surface area (Å²) in [6.07, 6.45) is 0. The molecule has 0 saturated heterocycles. The highest BCUT2D eigenvalue weighted by Crippen LogP contribution is 2.30. The number of hydrogen-bond acceptors (Lipinski definition) is 12.